The molecule has 0 aliphatic carbocycles. The number of aryl methyl sites for hydroxylation is 1. The van der Waals surface area contributed by atoms with Crippen molar-refractivity contribution >= 4 is 12.0 Å². The molecule has 0 N–H and O–H groups in total. The molecule has 2 rings (SSSR count). The highest BCUT2D eigenvalue weighted by Gasteiger charge is 2.09. The van der Waals surface area contributed by atoms with Crippen LogP contribution in [0.5, 0.6) is 0 Å². The Hall–Kier alpha value is -2.29. The van der Waals surface area contributed by atoms with E-state index in [4.69, 9.17) is 4.42 Å². The molecule has 0 saturated carbocycles. The predicted molar refractivity (Wildman–Crippen MR) is 80.0 cm³/mol. The second-order valence-electron chi connectivity index (χ2n) is 4.73. The Morgan fingerprint density at radius 2 is 2.00 bits per heavy atom. The third kappa shape index (κ3) is 3.85. The molecule has 1 heterocycles. The molecule has 0 aliphatic heterocycles. The van der Waals surface area contributed by atoms with Gasteiger partial charge in [-0.2, -0.15) is 0 Å². The van der Waals surface area contributed by atoms with Crippen molar-refractivity contribution in [3.05, 3.63) is 65.6 Å². The Bertz CT molecular complexity index is 568. The van der Waals surface area contributed by atoms with Crippen LogP contribution in [-0.2, 0) is 11.3 Å². The number of nitrogens with zero attached hydrogens (tertiary/aromatic N) is 1. The standard InChI is InChI=1S/C17H19NO2/c1-3-18(12-16-10-11-20-13-16)17(19)9-8-15-6-4-14(2)5-7-15/h4-11,13H,3,12H2,1-2H3. The summed E-state index contributed by atoms with van der Waals surface area (Å²) in [6.07, 6.45) is 6.75. The summed E-state index contributed by atoms with van der Waals surface area (Å²) in [6, 6.07) is 9.96. The third-order valence-corrected chi connectivity index (χ3v) is 3.14. The zero-order valence-electron chi connectivity index (χ0n) is 11.9. The van der Waals surface area contributed by atoms with Crippen molar-refractivity contribution in [2.24, 2.45) is 0 Å². The summed E-state index contributed by atoms with van der Waals surface area (Å²) in [5, 5.41) is 0. The largest absolute Gasteiger partial charge is 0.472 e. The van der Waals surface area contributed by atoms with Crippen molar-refractivity contribution in [2.45, 2.75) is 20.4 Å². The fraction of sp³-hybridized carbons (Fsp3) is 0.235. The second-order valence-corrected chi connectivity index (χ2v) is 4.73. The molecule has 3 heteroatoms. The molecule has 104 valence electrons. The van der Waals surface area contributed by atoms with Crippen LogP contribution in [0, 0.1) is 6.92 Å². The van der Waals surface area contributed by atoms with E-state index in [1.165, 1.54) is 5.56 Å². The number of hydrogen-bond acceptors (Lipinski definition) is 2. The van der Waals surface area contributed by atoms with Gasteiger partial charge in [0.15, 0.2) is 0 Å². The van der Waals surface area contributed by atoms with Crippen LogP contribution in [0.15, 0.2) is 53.4 Å². The van der Waals surface area contributed by atoms with E-state index >= 15 is 0 Å². The van der Waals surface area contributed by atoms with Gasteiger partial charge in [0.1, 0.15) is 0 Å². The van der Waals surface area contributed by atoms with E-state index in [-0.39, 0.29) is 5.91 Å². The van der Waals surface area contributed by atoms with E-state index in [0.29, 0.717) is 13.1 Å². The molecule has 0 radical (unpaired) electrons. The average molecular weight is 269 g/mol. The smallest absolute Gasteiger partial charge is 0.246 e. The maximum Gasteiger partial charge on any atom is 0.246 e. The van der Waals surface area contributed by atoms with Gasteiger partial charge in [-0.3, -0.25) is 4.79 Å². The van der Waals surface area contributed by atoms with Crippen LogP contribution in [0.25, 0.3) is 6.08 Å². The summed E-state index contributed by atoms with van der Waals surface area (Å²) in [7, 11) is 0. The number of amides is 1. The van der Waals surface area contributed by atoms with Crippen LogP contribution < -0.4 is 0 Å². The van der Waals surface area contributed by atoms with E-state index in [0.717, 1.165) is 11.1 Å². The Balaban J connectivity index is 2.00. The molecule has 1 aromatic heterocycles. The molecule has 0 bridgehead atoms. The first-order chi connectivity index (χ1) is 9.69. The van der Waals surface area contributed by atoms with Gasteiger partial charge < -0.3 is 9.32 Å². The zero-order chi connectivity index (χ0) is 14.4. The minimum absolute atomic E-state index is 0.00859. The molecule has 0 fully saturated rings. The number of hydrogen-bond donors (Lipinski definition) is 0. The molecular formula is C17H19NO2. The van der Waals surface area contributed by atoms with Crippen LogP contribution in [0.2, 0.25) is 0 Å². The van der Waals surface area contributed by atoms with E-state index in [1.807, 2.05) is 50.3 Å². The third-order valence-electron chi connectivity index (χ3n) is 3.14. The van der Waals surface area contributed by atoms with Crippen molar-refractivity contribution in [3.63, 3.8) is 0 Å². The molecule has 3 nitrogen and oxygen atoms in total. The molecule has 0 saturated heterocycles. The van der Waals surface area contributed by atoms with Crippen molar-refractivity contribution in [1.82, 2.24) is 4.90 Å². The lowest BCUT2D eigenvalue weighted by Gasteiger charge is -2.17. The lowest BCUT2D eigenvalue weighted by atomic mass is 10.1. The van der Waals surface area contributed by atoms with Gasteiger partial charge in [-0.15, -0.1) is 0 Å². The van der Waals surface area contributed by atoms with E-state index < -0.39 is 0 Å². The van der Waals surface area contributed by atoms with Crippen molar-refractivity contribution < 1.29 is 9.21 Å². The fourth-order valence-corrected chi connectivity index (χ4v) is 1.90. The first-order valence-electron chi connectivity index (χ1n) is 6.73. The van der Waals surface area contributed by atoms with E-state index in [9.17, 15) is 4.79 Å². The molecular weight excluding hydrogens is 250 g/mol. The molecule has 1 aromatic carbocycles. The molecule has 0 spiro atoms. The molecule has 0 unspecified atom stereocenters. The number of carbonyl (C=O) groups excluding carboxylic acids is 1. The maximum absolute atomic E-state index is 12.1. The van der Waals surface area contributed by atoms with Crippen LogP contribution in [0.1, 0.15) is 23.6 Å². The van der Waals surface area contributed by atoms with Gasteiger partial charge in [-0.05, 0) is 31.6 Å². The van der Waals surface area contributed by atoms with Crippen molar-refractivity contribution in [3.8, 4) is 0 Å². The number of carbonyl (C=O) groups is 1. The Morgan fingerprint density at radius 3 is 2.60 bits per heavy atom. The lowest BCUT2D eigenvalue weighted by molar-refractivity contribution is -0.126. The van der Waals surface area contributed by atoms with E-state index in [1.54, 1.807) is 23.5 Å². The first kappa shape index (κ1) is 14.1. The Labute approximate surface area is 119 Å². The molecule has 20 heavy (non-hydrogen) atoms. The van der Waals surface area contributed by atoms with Crippen molar-refractivity contribution in [2.75, 3.05) is 6.54 Å². The summed E-state index contributed by atoms with van der Waals surface area (Å²) in [6.45, 7) is 5.26. The zero-order valence-corrected chi connectivity index (χ0v) is 11.9. The van der Waals surface area contributed by atoms with Gasteiger partial charge in [-0.1, -0.05) is 29.8 Å². The number of benzene rings is 1. The summed E-state index contributed by atoms with van der Waals surface area (Å²) >= 11 is 0. The second kappa shape index (κ2) is 6.75. The van der Waals surface area contributed by atoms with Gasteiger partial charge in [0.05, 0.1) is 12.5 Å². The lowest BCUT2D eigenvalue weighted by Crippen LogP contribution is -2.28. The molecule has 1 amide bonds. The minimum Gasteiger partial charge on any atom is -0.472 e. The Kier molecular flexibility index (Phi) is 4.77. The van der Waals surface area contributed by atoms with Gasteiger partial charge in [0.25, 0.3) is 0 Å². The van der Waals surface area contributed by atoms with Crippen LogP contribution in [0.4, 0.5) is 0 Å². The van der Waals surface area contributed by atoms with Crippen LogP contribution in [0.3, 0.4) is 0 Å². The maximum atomic E-state index is 12.1. The summed E-state index contributed by atoms with van der Waals surface area (Å²) in [5.74, 6) is 0.00859. The number of furan rings is 1. The monoisotopic (exact) mass is 269 g/mol. The molecule has 0 atom stereocenters. The van der Waals surface area contributed by atoms with Crippen LogP contribution >= 0.6 is 0 Å². The normalized spacial score (nSPS) is 10.9. The molecule has 0 aliphatic rings. The number of rotatable bonds is 5. The first-order valence-corrected chi connectivity index (χ1v) is 6.73. The Morgan fingerprint density at radius 1 is 1.25 bits per heavy atom. The quantitative estimate of drug-likeness (QED) is 0.776. The van der Waals surface area contributed by atoms with Crippen molar-refractivity contribution in [1.29, 1.82) is 0 Å². The minimum atomic E-state index is 0.00859. The van der Waals surface area contributed by atoms with Gasteiger partial charge in [0.2, 0.25) is 5.91 Å². The number of likely N-dealkylation sites (N-methyl/N-ethyl adjacent to an activating group) is 1. The van der Waals surface area contributed by atoms with Gasteiger partial charge in [0, 0.05) is 24.7 Å². The SMILES string of the molecule is CCN(Cc1ccoc1)C(=O)C=Cc1ccc(C)cc1. The van der Waals surface area contributed by atoms with Gasteiger partial charge in [-0.25, -0.2) is 0 Å². The average Bonchev–Trinajstić information content (AvgIpc) is 2.97. The summed E-state index contributed by atoms with van der Waals surface area (Å²) in [4.78, 5) is 13.9. The van der Waals surface area contributed by atoms with Gasteiger partial charge >= 0.3 is 0 Å². The summed E-state index contributed by atoms with van der Waals surface area (Å²) in [5.41, 5.74) is 3.25. The highest BCUT2D eigenvalue weighted by atomic mass is 16.3. The highest BCUT2D eigenvalue weighted by Crippen LogP contribution is 2.08. The topological polar surface area (TPSA) is 33.5 Å². The summed E-state index contributed by atoms with van der Waals surface area (Å²) < 4.78 is 5.02. The predicted octanol–water partition coefficient (Wildman–Crippen LogP) is 3.65. The fourth-order valence-electron chi connectivity index (χ4n) is 1.90. The van der Waals surface area contributed by atoms with Crippen LogP contribution in [-0.4, -0.2) is 17.4 Å². The molecule has 2 aromatic rings. The van der Waals surface area contributed by atoms with E-state index in [2.05, 4.69) is 0 Å². The highest BCUT2D eigenvalue weighted by molar-refractivity contribution is 5.91.